The number of benzene rings is 1. The van der Waals surface area contributed by atoms with Gasteiger partial charge in [0.1, 0.15) is 0 Å². The predicted octanol–water partition coefficient (Wildman–Crippen LogP) is 2.57. The number of piperidine rings is 1. The molecular formula is C20H25NO3. The summed E-state index contributed by atoms with van der Waals surface area (Å²) in [5, 5.41) is 0. The molecule has 0 radical (unpaired) electrons. The third kappa shape index (κ3) is 1.52. The maximum atomic E-state index is 13.0. The van der Waals surface area contributed by atoms with E-state index in [-0.39, 0.29) is 11.5 Å². The molecule has 0 amide bonds. The maximum Gasteiger partial charge on any atom is 0.174 e. The van der Waals surface area contributed by atoms with Gasteiger partial charge in [0.05, 0.1) is 7.11 Å². The van der Waals surface area contributed by atoms with Crippen LogP contribution in [0.2, 0.25) is 0 Å². The zero-order valence-corrected chi connectivity index (χ0v) is 14.7. The Labute approximate surface area is 143 Å². The Hall–Kier alpha value is -1.55. The van der Waals surface area contributed by atoms with E-state index in [4.69, 9.17) is 9.47 Å². The minimum atomic E-state index is -0.299. The van der Waals surface area contributed by atoms with Gasteiger partial charge in [0.2, 0.25) is 0 Å². The first-order valence-electron chi connectivity index (χ1n) is 9.21. The number of ketones is 1. The van der Waals surface area contributed by atoms with Gasteiger partial charge >= 0.3 is 0 Å². The first-order valence-corrected chi connectivity index (χ1v) is 9.21. The maximum absolute atomic E-state index is 13.0. The molecule has 128 valence electrons. The summed E-state index contributed by atoms with van der Waals surface area (Å²) in [7, 11) is 3.94. The van der Waals surface area contributed by atoms with E-state index in [0.717, 1.165) is 37.3 Å². The van der Waals surface area contributed by atoms with E-state index in [9.17, 15) is 4.79 Å². The van der Waals surface area contributed by atoms with Crippen LogP contribution >= 0.6 is 0 Å². The number of nitrogens with zero attached hydrogens (tertiary/aromatic N) is 1. The van der Waals surface area contributed by atoms with Crippen molar-refractivity contribution in [2.75, 3.05) is 20.7 Å². The molecule has 4 heteroatoms. The largest absolute Gasteiger partial charge is 0.493 e. The molecule has 2 heterocycles. The zero-order chi connectivity index (χ0) is 16.6. The minimum absolute atomic E-state index is 0.120. The van der Waals surface area contributed by atoms with Crippen molar-refractivity contribution >= 4 is 5.78 Å². The van der Waals surface area contributed by atoms with Crippen molar-refractivity contribution in [1.82, 2.24) is 4.90 Å². The SMILES string of the molecule is CCC1CC(=O)C2Oc3c(OC)ccc4c3[C@@]23CCN(C)[C@H](C4)[C@H]13. The molecule has 24 heavy (non-hydrogen) atoms. The monoisotopic (exact) mass is 327 g/mol. The van der Waals surface area contributed by atoms with E-state index in [1.807, 2.05) is 6.07 Å². The fourth-order valence-corrected chi connectivity index (χ4v) is 6.31. The van der Waals surface area contributed by atoms with Crippen LogP contribution in [0.25, 0.3) is 0 Å². The molecule has 4 aliphatic rings. The molecule has 0 N–H and O–H groups in total. The molecule has 2 bridgehead atoms. The lowest BCUT2D eigenvalue weighted by Crippen LogP contribution is -2.67. The van der Waals surface area contributed by atoms with Gasteiger partial charge in [-0.1, -0.05) is 19.4 Å². The van der Waals surface area contributed by atoms with E-state index in [1.165, 1.54) is 11.1 Å². The average molecular weight is 327 g/mol. The second-order valence-electron chi connectivity index (χ2n) is 8.04. The lowest BCUT2D eigenvalue weighted by Gasteiger charge is -2.59. The molecule has 1 aromatic carbocycles. The summed E-state index contributed by atoms with van der Waals surface area (Å²) in [5.74, 6) is 2.93. The van der Waals surface area contributed by atoms with E-state index < -0.39 is 0 Å². The van der Waals surface area contributed by atoms with Crippen molar-refractivity contribution in [3.05, 3.63) is 23.3 Å². The molecule has 1 aromatic rings. The van der Waals surface area contributed by atoms with Crippen molar-refractivity contribution in [3.63, 3.8) is 0 Å². The Bertz CT molecular complexity index is 730. The Morgan fingerprint density at radius 2 is 2.21 bits per heavy atom. The molecule has 0 aromatic heterocycles. The van der Waals surface area contributed by atoms with Gasteiger partial charge < -0.3 is 14.4 Å². The van der Waals surface area contributed by atoms with Crippen molar-refractivity contribution in [1.29, 1.82) is 0 Å². The summed E-state index contributed by atoms with van der Waals surface area (Å²) in [6.07, 6.45) is 3.53. The van der Waals surface area contributed by atoms with Crippen LogP contribution in [0.3, 0.4) is 0 Å². The summed E-state index contributed by atoms with van der Waals surface area (Å²) < 4.78 is 11.9. The highest BCUT2D eigenvalue weighted by molar-refractivity contribution is 5.89. The fourth-order valence-electron chi connectivity index (χ4n) is 6.31. The molecule has 2 fully saturated rings. The van der Waals surface area contributed by atoms with Crippen LogP contribution in [-0.4, -0.2) is 43.5 Å². The van der Waals surface area contributed by atoms with E-state index in [2.05, 4.69) is 24.9 Å². The van der Waals surface area contributed by atoms with E-state index in [1.54, 1.807) is 7.11 Å². The smallest absolute Gasteiger partial charge is 0.174 e. The Balaban J connectivity index is 1.81. The highest BCUT2D eigenvalue weighted by Gasteiger charge is 2.67. The molecule has 1 saturated heterocycles. The van der Waals surface area contributed by atoms with Crippen molar-refractivity contribution in [2.45, 2.75) is 50.2 Å². The molecular weight excluding hydrogens is 302 g/mol. The first-order chi connectivity index (χ1) is 11.6. The van der Waals surface area contributed by atoms with Gasteiger partial charge in [0.25, 0.3) is 0 Å². The van der Waals surface area contributed by atoms with Crippen LogP contribution in [0, 0.1) is 11.8 Å². The number of likely N-dealkylation sites (N-methyl/N-ethyl adjacent to an activating group) is 1. The third-order valence-corrected chi connectivity index (χ3v) is 7.27. The predicted molar refractivity (Wildman–Crippen MR) is 90.7 cm³/mol. The quantitative estimate of drug-likeness (QED) is 0.837. The number of methoxy groups -OCH3 is 1. The van der Waals surface area contributed by atoms with Crippen molar-refractivity contribution in [2.24, 2.45) is 11.8 Å². The summed E-state index contributed by atoms with van der Waals surface area (Å²) in [5.41, 5.74) is 2.56. The summed E-state index contributed by atoms with van der Waals surface area (Å²) in [4.78, 5) is 15.5. The van der Waals surface area contributed by atoms with Gasteiger partial charge in [-0.3, -0.25) is 4.79 Å². The average Bonchev–Trinajstić information content (AvgIpc) is 2.94. The number of carbonyl (C=O) groups excluding carboxylic acids is 1. The molecule has 2 unspecified atom stereocenters. The number of likely N-dealkylation sites (tertiary alicyclic amines) is 1. The molecule has 5 rings (SSSR count). The van der Waals surface area contributed by atoms with Crippen LogP contribution in [-0.2, 0) is 16.6 Å². The summed E-state index contributed by atoms with van der Waals surface area (Å²) in [6, 6.07) is 4.74. The normalized spacial score (nSPS) is 39.4. The highest BCUT2D eigenvalue weighted by atomic mass is 16.5. The molecule has 1 saturated carbocycles. The second-order valence-corrected chi connectivity index (χ2v) is 8.04. The number of rotatable bonds is 2. The summed E-state index contributed by atoms with van der Waals surface area (Å²) >= 11 is 0. The lowest BCUT2D eigenvalue weighted by atomic mass is 9.48. The van der Waals surface area contributed by atoms with Gasteiger partial charge in [-0.15, -0.1) is 0 Å². The van der Waals surface area contributed by atoms with Crippen LogP contribution in [0.5, 0.6) is 11.5 Å². The number of hydrogen-bond donors (Lipinski definition) is 0. The molecule has 2 aliphatic carbocycles. The lowest BCUT2D eigenvalue weighted by molar-refractivity contribution is -0.144. The fraction of sp³-hybridized carbons (Fsp3) is 0.650. The Morgan fingerprint density at radius 1 is 1.38 bits per heavy atom. The molecule has 4 nitrogen and oxygen atoms in total. The Morgan fingerprint density at radius 3 is 2.96 bits per heavy atom. The van der Waals surface area contributed by atoms with Crippen LogP contribution in [0.4, 0.5) is 0 Å². The minimum Gasteiger partial charge on any atom is -0.493 e. The third-order valence-electron chi connectivity index (χ3n) is 7.27. The van der Waals surface area contributed by atoms with Gasteiger partial charge in [-0.05, 0) is 49.9 Å². The van der Waals surface area contributed by atoms with Gasteiger partial charge in [0.15, 0.2) is 23.4 Å². The number of ether oxygens (including phenoxy) is 2. The first kappa shape index (κ1) is 14.8. The van der Waals surface area contributed by atoms with Crippen LogP contribution in [0.1, 0.15) is 37.3 Å². The number of Topliss-reactive ketones (excluding diaryl/α,β-unsaturated/α-hetero) is 1. The molecule has 2 aliphatic heterocycles. The van der Waals surface area contributed by atoms with Crippen molar-refractivity contribution in [3.8, 4) is 11.5 Å². The standard InChI is InChI=1S/C20H25NO3/c1-4-11-10-14(22)19-20-7-8-21(2)13(16(11)20)9-12-5-6-15(23-3)18(24-19)17(12)20/h5-6,11,13,16,19H,4,7-10H2,1-3H3/t11?,13-,16+,19?,20+/m1/s1. The van der Waals surface area contributed by atoms with Crippen LogP contribution < -0.4 is 9.47 Å². The number of carbonyl (C=O) groups is 1. The summed E-state index contributed by atoms with van der Waals surface area (Å²) in [6.45, 7) is 3.28. The van der Waals surface area contributed by atoms with Crippen molar-refractivity contribution < 1.29 is 14.3 Å². The van der Waals surface area contributed by atoms with Gasteiger partial charge in [-0.2, -0.15) is 0 Å². The Kier molecular flexibility index (Phi) is 2.92. The number of hydrogen-bond acceptors (Lipinski definition) is 4. The zero-order valence-electron chi connectivity index (χ0n) is 14.7. The van der Waals surface area contributed by atoms with Crippen LogP contribution in [0.15, 0.2) is 12.1 Å². The van der Waals surface area contributed by atoms with Gasteiger partial charge in [-0.25, -0.2) is 0 Å². The second kappa shape index (κ2) is 4.75. The molecule has 1 spiro atoms. The van der Waals surface area contributed by atoms with E-state index >= 15 is 0 Å². The highest BCUT2D eigenvalue weighted by Crippen LogP contribution is 2.64. The topological polar surface area (TPSA) is 38.8 Å². The van der Waals surface area contributed by atoms with E-state index in [0.29, 0.717) is 30.1 Å². The van der Waals surface area contributed by atoms with Gasteiger partial charge in [0, 0.05) is 23.4 Å². The molecule has 5 atom stereocenters.